The number of nitrogens with zero attached hydrogens (tertiary/aromatic N) is 3. The minimum atomic E-state index is 0.0233. The van der Waals surface area contributed by atoms with Crippen LogP contribution in [0, 0.1) is 0 Å². The molecule has 0 bridgehead atoms. The van der Waals surface area contributed by atoms with Crippen LogP contribution in [0.15, 0.2) is 67.0 Å². The Morgan fingerprint density at radius 3 is 2.73 bits per heavy atom. The van der Waals surface area contributed by atoms with Gasteiger partial charge in [0.15, 0.2) is 5.78 Å². The van der Waals surface area contributed by atoms with Crippen molar-refractivity contribution in [2.24, 2.45) is 7.05 Å². The van der Waals surface area contributed by atoms with E-state index in [0.29, 0.717) is 12.1 Å². The van der Waals surface area contributed by atoms with Crippen LogP contribution >= 0.6 is 0 Å². The average molecular weight is 343 g/mol. The number of benzene rings is 2. The standard InChI is InChI=1S/C21H17N3O2/c1-24-19(8-9-23-24)21(26)11-14-6-7-15-12-16(13-22-18(15)10-14)17-4-2-3-5-20(17)25/h2-10,12-13,25H,11H2,1H3. The fourth-order valence-corrected chi connectivity index (χ4v) is 3.07. The Bertz CT molecular complexity index is 1120. The van der Waals surface area contributed by atoms with Gasteiger partial charge in [-0.05, 0) is 29.8 Å². The molecule has 0 fully saturated rings. The van der Waals surface area contributed by atoms with Crippen molar-refractivity contribution in [2.75, 3.05) is 0 Å². The zero-order valence-corrected chi connectivity index (χ0v) is 14.3. The van der Waals surface area contributed by atoms with Crippen LogP contribution in [0.25, 0.3) is 22.0 Å². The molecule has 0 aliphatic carbocycles. The molecule has 5 heteroatoms. The summed E-state index contributed by atoms with van der Waals surface area (Å²) in [6.07, 6.45) is 3.66. The summed E-state index contributed by atoms with van der Waals surface area (Å²) in [4.78, 5) is 16.9. The predicted molar refractivity (Wildman–Crippen MR) is 100 cm³/mol. The predicted octanol–water partition coefficient (Wildman–Crippen LogP) is 3.77. The van der Waals surface area contributed by atoms with E-state index in [1.165, 1.54) is 0 Å². The second-order valence-electron chi connectivity index (χ2n) is 6.21. The SMILES string of the molecule is Cn1nccc1C(=O)Cc1ccc2cc(-c3ccccc3O)cnc2c1. The van der Waals surface area contributed by atoms with E-state index < -0.39 is 0 Å². The van der Waals surface area contributed by atoms with Crippen molar-refractivity contribution in [3.8, 4) is 16.9 Å². The molecule has 2 heterocycles. The zero-order valence-electron chi connectivity index (χ0n) is 14.3. The molecule has 0 spiro atoms. The van der Waals surface area contributed by atoms with Gasteiger partial charge in [-0.25, -0.2) is 0 Å². The highest BCUT2D eigenvalue weighted by Crippen LogP contribution is 2.30. The van der Waals surface area contributed by atoms with Crippen LogP contribution in [-0.2, 0) is 13.5 Å². The smallest absolute Gasteiger partial charge is 0.185 e. The minimum Gasteiger partial charge on any atom is -0.507 e. The van der Waals surface area contributed by atoms with E-state index in [2.05, 4.69) is 10.1 Å². The van der Waals surface area contributed by atoms with Gasteiger partial charge in [0.1, 0.15) is 11.4 Å². The van der Waals surface area contributed by atoms with Crippen LogP contribution in [-0.4, -0.2) is 25.7 Å². The molecule has 0 unspecified atom stereocenters. The first-order valence-corrected chi connectivity index (χ1v) is 8.30. The number of aromatic nitrogens is 3. The number of aromatic hydroxyl groups is 1. The number of ketones is 1. The topological polar surface area (TPSA) is 68.0 Å². The third kappa shape index (κ3) is 2.95. The van der Waals surface area contributed by atoms with Gasteiger partial charge in [0.05, 0.1) is 5.52 Å². The Kier molecular flexibility index (Phi) is 3.97. The summed E-state index contributed by atoms with van der Waals surface area (Å²) in [5.74, 6) is 0.252. The lowest BCUT2D eigenvalue weighted by molar-refractivity contribution is 0.0984. The maximum Gasteiger partial charge on any atom is 0.185 e. The van der Waals surface area contributed by atoms with Gasteiger partial charge in [0, 0.05) is 42.4 Å². The Morgan fingerprint density at radius 2 is 1.96 bits per heavy atom. The molecule has 4 rings (SSSR count). The molecule has 4 aromatic rings. The average Bonchev–Trinajstić information content (AvgIpc) is 3.08. The fraction of sp³-hybridized carbons (Fsp3) is 0.0952. The Hall–Kier alpha value is -3.47. The van der Waals surface area contributed by atoms with E-state index in [1.807, 2.05) is 36.4 Å². The van der Waals surface area contributed by atoms with Gasteiger partial charge in [-0.1, -0.05) is 30.3 Å². The van der Waals surface area contributed by atoms with Gasteiger partial charge in [-0.2, -0.15) is 5.10 Å². The van der Waals surface area contributed by atoms with Crippen molar-refractivity contribution in [1.29, 1.82) is 0 Å². The van der Waals surface area contributed by atoms with E-state index in [9.17, 15) is 9.90 Å². The minimum absolute atomic E-state index is 0.0233. The number of carbonyl (C=O) groups is 1. The van der Waals surface area contributed by atoms with E-state index in [-0.39, 0.29) is 11.5 Å². The highest BCUT2D eigenvalue weighted by molar-refractivity contribution is 5.96. The molecule has 0 saturated heterocycles. The van der Waals surface area contributed by atoms with Gasteiger partial charge in [-0.15, -0.1) is 0 Å². The molecule has 2 aromatic heterocycles. The number of pyridine rings is 1. The number of para-hydroxylation sites is 1. The van der Waals surface area contributed by atoms with Crippen molar-refractivity contribution >= 4 is 16.7 Å². The lowest BCUT2D eigenvalue weighted by Crippen LogP contribution is -2.09. The van der Waals surface area contributed by atoms with E-state index in [4.69, 9.17) is 0 Å². The largest absolute Gasteiger partial charge is 0.507 e. The first-order chi connectivity index (χ1) is 12.6. The normalized spacial score (nSPS) is 11.0. The van der Waals surface area contributed by atoms with Gasteiger partial charge in [0.2, 0.25) is 0 Å². The van der Waals surface area contributed by atoms with Crippen LogP contribution < -0.4 is 0 Å². The highest BCUT2D eigenvalue weighted by atomic mass is 16.3. The molecule has 5 nitrogen and oxygen atoms in total. The number of fused-ring (bicyclic) bond motifs is 1. The molecule has 0 radical (unpaired) electrons. The van der Waals surface area contributed by atoms with E-state index in [1.54, 1.807) is 42.3 Å². The Morgan fingerprint density at radius 1 is 1.12 bits per heavy atom. The number of phenolic OH excluding ortho intramolecular Hbond substituents is 1. The molecule has 26 heavy (non-hydrogen) atoms. The fourth-order valence-electron chi connectivity index (χ4n) is 3.07. The molecule has 0 saturated carbocycles. The first-order valence-electron chi connectivity index (χ1n) is 8.30. The van der Waals surface area contributed by atoms with Crippen molar-refractivity contribution in [3.05, 3.63) is 78.2 Å². The second-order valence-corrected chi connectivity index (χ2v) is 6.21. The summed E-state index contributed by atoms with van der Waals surface area (Å²) in [6, 6.07) is 16.7. The lowest BCUT2D eigenvalue weighted by Gasteiger charge is -2.07. The third-order valence-corrected chi connectivity index (χ3v) is 4.43. The first kappa shape index (κ1) is 16.0. The van der Waals surface area contributed by atoms with Crippen LogP contribution in [0.5, 0.6) is 5.75 Å². The van der Waals surface area contributed by atoms with Gasteiger partial charge in [0.25, 0.3) is 0 Å². The number of phenols is 1. The monoisotopic (exact) mass is 343 g/mol. The van der Waals surface area contributed by atoms with Gasteiger partial charge < -0.3 is 5.11 Å². The van der Waals surface area contributed by atoms with Crippen molar-refractivity contribution in [3.63, 3.8) is 0 Å². The number of carbonyl (C=O) groups excluding carboxylic acids is 1. The highest BCUT2D eigenvalue weighted by Gasteiger charge is 2.12. The zero-order chi connectivity index (χ0) is 18.1. The van der Waals surface area contributed by atoms with Crippen molar-refractivity contribution in [1.82, 2.24) is 14.8 Å². The van der Waals surface area contributed by atoms with Gasteiger partial charge in [-0.3, -0.25) is 14.5 Å². The Labute approximate surface area is 150 Å². The summed E-state index contributed by atoms with van der Waals surface area (Å²) in [5, 5.41) is 15.0. The summed E-state index contributed by atoms with van der Waals surface area (Å²) < 4.78 is 1.58. The molecule has 128 valence electrons. The number of hydrogen-bond donors (Lipinski definition) is 1. The molecular formula is C21H17N3O2. The van der Waals surface area contributed by atoms with Crippen LogP contribution in [0.3, 0.4) is 0 Å². The van der Waals surface area contributed by atoms with Crippen LogP contribution in [0.1, 0.15) is 16.1 Å². The molecule has 0 amide bonds. The number of rotatable bonds is 4. The quantitative estimate of drug-likeness (QED) is 0.573. The van der Waals surface area contributed by atoms with Crippen LogP contribution in [0.2, 0.25) is 0 Å². The summed E-state index contributed by atoms with van der Waals surface area (Å²) in [7, 11) is 1.76. The molecular weight excluding hydrogens is 326 g/mol. The van der Waals surface area contributed by atoms with Crippen molar-refractivity contribution in [2.45, 2.75) is 6.42 Å². The third-order valence-electron chi connectivity index (χ3n) is 4.43. The van der Waals surface area contributed by atoms with Crippen LogP contribution in [0.4, 0.5) is 0 Å². The summed E-state index contributed by atoms with van der Waals surface area (Å²) in [5.41, 5.74) is 3.92. The Balaban J connectivity index is 1.64. The molecule has 0 atom stereocenters. The van der Waals surface area contributed by atoms with Crippen molar-refractivity contribution < 1.29 is 9.90 Å². The van der Waals surface area contributed by atoms with E-state index >= 15 is 0 Å². The lowest BCUT2D eigenvalue weighted by atomic mass is 10.0. The molecule has 2 aromatic carbocycles. The number of hydrogen-bond acceptors (Lipinski definition) is 4. The summed E-state index contributed by atoms with van der Waals surface area (Å²) in [6.45, 7) is 0. The van der Waals surface area contributed by atoms with Gasteiger partial charge >= 0.3 is 0 Å². The number of Topliss-reactive ketones (excluding diaryl/α,β-unsaturated/α-hetero) is 1. The number of aryl methyl sites for hydroxylation is 1. The maximum atomic E-state index is 12.4. The van der Waals surface area contributed by atoms with E-state index in [0.717, 1.165) is 27.6 Å². The summed E-state index contributed by atoms with van der Waals surface area (Å²) >= 11 is 0. The molecule has 1 N–H and O–H groups in total. The molecule has 0 aliphatic heterocycles. The second kappa shape index (κ2) is 6.44. The maximum absolute atomic E-state index is 12.4. The molecule has 0 aliphatic rings.